The Labute approximate surface area is 162 Å². The van der Waals surface area contributed by atoms with Crippen LogP contribution in [0.1, 0.15) is 41.7 Å². The molecule has 2 aliphatic rings. The number of benzene rings is 1. The first-order valence-corrected chi connectivity index (χ1v) is 9.23. The molecular weight excluding hydrogens is 386 g/mol. The van der Waals surface area contributed by atoms with E-state index in [1.54, 1.807) is 4.90 Å². The highest BCUT2D eigenvalue weighted by Gasteiger charge is 2.33. The molecule has 1 aromatic carbocycles. The minimum atomic E-state index is -1.42. The van der Waals surface area contributed by atoms with E-state index in [9.17, 15) is 19.1 Å². The highest BCUT2D eigenvalue weighted by molar-refractivity contribution is 5.94. The summed E-state index contributed by atoms with van der Waals surface area (Å²) in [6.07, 6.45) is 4.54. The maximum Gasteiger partial charge on any atom is 0.341 e. The Morgan fingerprint density at radius 1 is 1.21 bits per heavy atom. The zero-order valence-corrected chi connectivity index (χ0v) is 15.1. The van der Waals surface area contributed by atoms with Crippen molar-refractivity contribution in [2.75, 3.05) is 18.0 Å². The third-order valence-corrected chi connectivity index (χ3v) is 5.53. The average molecular weight is 402 g/mol. The Morgan fingerprint density at radius 2 is 2.00 bits per heavy atom. The lowest BCUT2D eigenvalue weighted by atomic mass is 10.1. The van der Waals surface area contributed by atoms with E-state index >= 15 is 4.39 Å². The number of tetrazole rings is 1. The number of aromatic nitrogens is 5. The monoisotopic (exact) mass is 402 g/mol. The van der Waals surface area contributed by atoms with Crippen LogP contribution in [0.2, 0.25) is 0 Å². The molecule has 2 fully saturated rings. The van der Waals surface area contributed by atoms with Crippen molar-refractivity contribution in [3.63, 3.8) is 0 Å². The van der Waals surface area contributed by atoms with Crippen molar-refractivity contribution in [2.45, 2.75) is 31.3 Å². The largest absolute Gasteiger partial charge is 0.477 e. The molecule has 9 nitrogen and oxygen atoms in total. The minimum Gasteiger partial charge on any atom is -0.477 e. The SMILES string of the molecule is O=C(O)c1cn(C2CC2)c2c(F)c(N3CCC(n4ncnn4)C3)c(F)cc2c1=O. The van der Waals surface area contributed by atoms with E-state index in [-0.39, 0.29) is 35.2 Å². The number of anilines is 1. The number of rotatable bonds is 4. The van der Waals surface area contributed by atoms with Gasteiger partial charge in [-0.1, -0.05) is 0 Å². The molecule has 1 unspecified atom stereocenters. The summed E-state index contributed by atoms with van der Waals surface area (Å²) in [5, 5.41) is 20.5. The summed E-state index contributed by atoms with van der Waals surface area (Å²) in [7, 11) is 0. The smallest absolute Gasteiger partial charge is 0.341 e. The van der Waals surface area contributed by atoms with E-state index in [4.69, 9.17) is 0 Å². The number of hydrogen-bond donors (Lipinski definition) is 1. The van der Waals surface area contributed by atoms with Crippen LogP contribution in [-0.2, 0) is 0 Å². The Kier molecular flexibility index (Phi) is 3.86. The van der Waals surface area contributed by atoms with Crippen molar-refractivity contribution in [1.29, 1.82) is 0 Å². The maximum absolute atomic E-state index is 15.6. The van der Waals surface area contributed by atoms with Crippen LogP contribution in [-0.4, -0.2) is 48.9 Å². The average Bonchev–Trinajstić information content (AvgIpc) is 3.16. The highest BCUT2D eigenvalue weighted by atomic mass is 19.1. The van der Waals surface area contributed by atoms with Crippen molar-refractivity contribution < 1.29 is 18.7 Å². The van der Waals surface area contributed by atoms with E-state index in [0.717, 1.165) is 18.9 Å². The number of aromatic carboxylic acids is 1. The molecule has 5 rings (SSSR count). The molecule has 150 valence electrons. The van der Waals surface area contributed by atoms with Crippen molar-refractivity contribution in [2.24, 2.45) is 0 Å². The van der Waals surface area contributed by atoms with E-state index in [1.807, 2.05) is 0 Å². The number of carbonyl (C=O) groups is 1. The summed E-state index contributed by atoms with van der Waals surface area (Å²) in [4.78, 5) is 26.9. The van der Waals surface area contributed by atoms with Gasteiger partial charge in [-0.15, -0.1) is 10.2 Å². The molecule has 1 aliphatic carbocycles. The number of halogens is 2. The van der Waals surface area contributed by atoms with Crippen LogP contribution in [0.3, 0.4) is 0 Å². The molecular formula is C18H16F2N6O3. The van der Waals surface area contributed by atoms with E-state index in [0.29, 0.717) is 13.0 Å². The quantitative estimate of drug-likeness (QED) is 0.709. The van der Waals surface area contributed by atoms with Gasteiger partial charge in [0.1, 0.15) is 17.1 Å². The summed E-state index contributed by atoms with van der Waals surface area (Å²) in [5.41, 5.74) is -1.66. The minimum absolute atomic E-state index is 0.0544. The fourth-order valence-corrected chi connectivity index (χ4v) is 3.99. The zero-order chi connectivity index (χ0) is 20.3. The van der Waals surface area contributed by atoms with Gasteiger partial charge >= 0.3 is 5.97 Å². The van der Waals surface area contributed by atoms with Crippen molar-refractivity contribution in [3.8, 4) is 0 Å². The second kappa shape index (κ2) is 6.33. The lowest BCUT2D eigenvalue weighted by Crippen LogP contribution is -2.25. The molecule has 1 aliphatic heterocycles. The molecule has 0 radical (unpaired) electrons. The molecule has 29 heavy (non-hydrogen) atoms. The first kappa shape index (κ1) is 17.7. The molecule has 11 heteroatoms. The zero-order valence-electron chi connectivity index (χ0n) is 15.1. The Hall–Kier alpha value is -3.37. The van der Waals surface area contributed by atoms with Gasteiger partial charge in [-0.2, -0.15) is 4.80 Å². The number of carboxylic acids is 1. The van der Waals surface area contributed by atoms with Gasteiger partial charge in [-0.05, 0) is 30.5 Å². The summed E-state index contributed by atoms with van der Waals surface area (Å²) >= 11 is 0. The molecule has 0 bridgehead atoms. The van der Waals surface area contributed by atoms with Gasteiger partial charge in [-0.25, -0.2) is 13.6 Å². The third kappa shape index (κ3) is 2.76. The van der Waals surface area contributed by atoms with Crippen LogP contribution in [0.4, 0.5) is 14.5 Å². The number of nitrogens with zero attached hydrogens (tertiary/aromatic N) is 6. The van der Waals surface area contributed by atoms with Crippen LogP contribution < -0.4 is 10.3 Å². The Morgan fingerprint density at radius 3 is 2.66 bits per heavy atom. The first-order valence-electron chi connectivity index (χ1n) is 9.23. The van der Waals surface area contributed by atoms with Crippen LogP contribution in [0.15, 0.2) is 23.4 Å². The molecule has 1 atom stereocenters. The highest BCUT2D eigenvalue weighted by Crippen LogP contribution is 2.40. The van der Waals surface area contributed by atoms with Crippen molar-refractivity contribution in [3.05, 3.63) is 46.0 Å². The maximum atomic E-state index is 15.6. The fourth-order valence-electron chi connectivity index (χ4n) is 3.99. The number of hydrogen-bond acceptors (Lipinski definition) is 6. The lowest BCUT2D eigenvalue weighted by Gasteiger charge is -2.22. The standard InChI is InChI=1S/C18H16F2N6O3/c19-13-5-11-15(25(9-1-2-9)7-12(17(11)27)18(28)29)14(20)16(13)24-4-3-10(6-24)26-22-8-21-23-26/h5,7-10H,1-4,6H2,(H,28,29). The molecule has 1 saturated carbocycles. The van der Waals surface area contributed by atoms with Crippen molar-refractivity contribution in [1.82, 2.24) is 24.8 Å². The fraction of sp³-hybridized carbons (Fsp3) is 0.389. The molecule has 1 N–H and O–H groups in total. The van der Waals surface area contributed by atoms with E-state index < -0.39 is 28.6 Å². The van der Waals surface area contributed by atoms with Gasteiger partial charge in [-0.3, -0.25) is 4.79 Å². The van der Waals surface area contributed by atoms with Crippen LogP contribution in [0.25, 0.3) is 10.9 Å². The number of carboxylic acid groups (broad SMARTS) is 1. The van der Waals surface area contributed by atoms with Gasteiger partial charge < -0.3 is 14.6 Å². The van der Waals surface area contributed by atoms with E-state index in [1.165, 1.54) is 21.9 Å². The first-order chi connectivity index (χ1) is 14.0. The number of fused-ring (bicyclic) bond motifs is 1. The molecule has 0 amide bonds. The van der Waals surface area contributed by atoms with Gasteiger partial charge in [0.25, 0.3) is 0 Å². The molecule has 3 aromatic rings. The third-order valence-electron chi connectivity index (χ3n) is 5.53. The molecule has 3 heterocycles. The van der Waals surface area contributed by atoms with Crippen LogP contribution in [0.5, 0.6) is 0 Å². The van der Waals surface area contributed by atoms with Crippen LogP contribution >= 0.6 is 0 Å². The van der Waals surface area contributed by atoms with Gasteiger partial charge in [0.05, 0.1) is 16.9 Å². The summed E-state index contributed by atoms with van der Waals surface area (Å²) < 4.78 is 32.0. The normalized spacial score (nSPS) is 19.2. The summed E-state index contributed by atoms with van der Waals surface area (Å²) in [5.74, 6) is -3.17. The predicted molar refractivity (Wildman–Crippen MR) is 97.0 cm³/mol. The molecule has 0 spiro atoms. The van der Waals surface area contributed by atoms with Gasteiger partial charge in [0.2, 0.25) is 5.43 Å². The van der Waals surface area contributed by atoms with E-state index in [2.05, 4.69) is 15.4 Å². The molecule has 2 aromatic heterocycles. The van der Waals surface area contributed by atoms with Gasteiger partial charge in [0, 0.05) is 25.3 Å². The Balaban J connectivity index is 1.66. The second-order valence-electron chi connectivity index (χ2n) is 7.38. The number of pyridine rings is 1. The van der Waals surface area contributed by atoms with Crippen molar-refractivity contribution >= 4 is 22.6 Å². The lowest BCUT2D eigenvalue weighted by molar-refractivity contribution is 0.0695. The van der Waals surface area contributed by atoms with Gasteiger partial charge in [0.15, 0.2) is 12.1 Å². The predicted octanol–water partition coefficient (Wildman–Crippen LogP) is 1.75. The molecule has 1 saturated heterocycles. The van der Waals surface area contributed by atoms with Crippen LogP contribution in [0, 0.1) is 11.6 Å². The summed E-state index contributed by atoms with van der Waals surface area (Å²) in [6.45, 7) is 0.670. The topological polar surface area (TPSA) is 106 Å². The Bertz CT molecular complexity index is 1190. The summed E-state index contributed by atoms with van der Waals surface area (Å²) in [6, 6.07) is 0.671. The second-order valence-corrected chi connectivity index (χ2v) is 7.38.